The van der Waals surface area contributed by atoms with Crippen LogP contribution in [0.1, 0.15) is 24.2 Å². The molecule has 1 aliphatic heterocycles. The van der Waals surface area contributed by atoms with Crippen molar-refractivity contribution < 1.29 is 19.0 Å². The fourth-order valence-electron chi connectivity index (χ4n) is 2.27. The van der Waals surface area contributed by atoms with E-state index in [0.29, 0.717) is 37.7 Å². The SMILES string of the molecule is C=C(C)COc1ccccc1C(=O)N[C@H]1COC[C@@H]1OCC. The highest BCUT2D eigenvalue weighted by Gasteiger charge is 2.30. The van der Waals surface area contributed by atoms with Gasteiger partial charge < -0.3 is 19.5 Å². The van der Waals surface area contributed by atoms with E-state index in [1.54, 1.807) is 12.1 Å². The number of hydrogen-bond acceptors (Lipinski definition) is 4. The highest BCUT2D eigenvalue weighted by atomic mass is 16.5. The third-order valence-corrected chi connectivity index (χ3v) is 3.33. The van der Waals surface area contributed by atoms with Crippen LogP contribution in [0.15, 0.2) is 36.4 Å². The number of rotatable bonds is 7. The van der Waals surface area contributed by atoms with Gasteiger partial charge in [-0.15, -0.1) is 0 Å². The van der Waals surface area contributed by atoms with Crippen molar-refractivity contribution in [2.75, 3.05) is 26.4 Å². The molecule has 0 aromatic heterocycles. The molecule has 0 aliphatic carbocycles. The van der Waals surface area contributed by atoms with Crippen molar-refractivity contribution in [3.8, 4) is 5.75 Å². The predicted molar refractivity (Wildman–Crippen MR) is 84.2 cm³/mol. The molecule has 0 saturated carbocycles. The summed E-state index contributed by atoms with van der Waals surface area (Å²) in [5.41, 5.74) is 1.40. The van der Waals surface area contributed by atoms with Crippen LogP contribution in [0.2, 0.25) is 0 Å². The molecular weight excluding hydrogens is 282 g/mol. The van der Waals surface area contributed by atoms with Crippen LogP contribution < -0.4 is 10.1 Å². The summed E-state index contributed by atoms with van der Waals surface area (Å²) in [4.78, 5) is 12.5. The van der Waals surface area contributed by atoms with Gasteiger partial charge in [0.2, 0.25) is 0 Å². The van der Waals surface area contributed by atoms with Gasteiger partial charge in [-0.05, 0) is 31.6 Å². The molecule has 2 atom stereocenters. The molecule has 2 rings (SSSR count). The second kappa shape index (κ2) is 7.96. The lowest BCUT2D eigenvalue weighted by Crippen LogP contribution is -2.43. The Morgan fingerprint density at radius 2 is 2.18 bits per heavy atom. The van der Waals surface area contributed by atoms with E-state index in [1.807, 2.05) is 26.0 Å². The van der Waals surface area contributed by atoms with Gasteiger partial charge in [-0.2, -0.15) is 0 Å². The van der Waals surface area contributed by atoms with Gasteiger partial charge in [-0.1, -0.05) is 18.7 Å². The van der Waals surface area contributed by atoms with E-state index in [1.165, 1.54) is 0 Å². The molecule has 1 heterocycles. The van der Waals surface area contributed by atoms with Gasteiger partial charge in [0.05, 0.1) is 24.8 Å². The van der Waals surface area contributed by atoms with Crippen molar-refractivity contribution in [1.82, 2.24) is 5.32 Å². The number of para-hydroxylation sites is 1. The van der Waals surface area contributed by atoms with E-state index < -0.39 is 0 Å². The lowest BCUT2D eigenvalue weighted by molar-refractivity contribution is 0.0402. The fourth-order valence-corrected chi connectivity index (χ4v) is 2.27. The molecule has 1 aliphatic rings. The third-order valence-electron chi connectivity index (χ3n) is 3.33. The van der Waals surface area contributed by atoms with E-state index in [0.717, 1.165) is 5.57 Å². The lowest BCUT2D eigenvalue weighted by Gasteiger charge is -2.19. The first kappa shape index (κ1) is 16.5. The number of nitrogens with one attached hydrogen (secondary N) is 1. The minimum atomic E-state index is -0.183. The van der Waals surface area contributed by atoms with Gasteiger partial charge >= 0.3 is 0 Å². The van der Waals surface area contributed by atoms with E-state index in [4.69, 9.17) is 14.2 Å². The van der Waals surface area contributed by atoms with Crippen LogP contribution in [-0.2, 0) is 9.47 Å². The summed E-state index contributed by atoms with van der Waals surface area (Å²) in [7, 11) is 0. The fraction of sp³-hybridized carbons (Fsp3) is 0.471. The second-order valence-electron chi connectivity index (χ2n) is 5.35. The van der Waals surface area contributed by atoms with E-state index in [9.17, 15) is 4.79 Å². The first-order valence-corrected chi connectivity index (χ1v) is 7.48. The number of amides is 1. The Bertz CT molecular complexity index is 529. The molecular formula is C17H23NO4. The Kier molecular flexibility index (Phi) is 5.98. The van der Waals surface area contributed by atoms with Crippen LogP contribution in [0.25, 0.3) is 0 Å². The zero-order chi connectivity index (χ0) is 15.9. The lowest BCUT2D eigenvalue weighted by atomic mass is 10.1. The van der Waals surface area contributed by atoms with Gasteiger partial charge in [0, 0.05) is 6.61 Å². The maximum Gasteiger partial charge on any atom is 0.255 e. The Balaban J connectivity index is 2.04. The zero-order valence-electron chi connectivity index (χ0n) is 13.1. The molecule has 5 heteroatoms. The Morgan fingerprint density at radius 1 is 1.41 bits per heavy atom. The molecule has 0 radical (unpaired) electrons. The summed E-state index contributed by atoms with van der Waals surface area (Å²) in [5, 5.41) is 2.97. The molecule has 0 unspecified atom stereocenters. The first-order chi connectivity index (χ1) is 10.6. The van der Waals surface area contributed by atoms with E-state index in [-0.39, 0.29) is 18.1 Å². The maximum atomic E-state index is 12.5. The molecule has 120 valence electrons. The topological polar surface area (TPSA) is 56.8 Å². The zero-order valence-corrected chi connectivity index (χ0v) is 13.1. The quantitative estimate of drug-likeness (QED) is 0.785. The van der Waals surface area contributed by atoms with Crippen LogP contribution in [0, 0.1) is 0 Å². The average Bonchev–Trinajstić information content (AvgIpc) is 2.93. The third kappa shape index (κ3) is 4.32. The van der Waals surface area contributed by atoms with Crippen molar-refractivity contribution >= 4 is 5.91 Å². The number of ether oxygens (including phenoxy) is 3. The van der Waals surface area contributed by atoms with Crippen molar-refractivity contribution in [1.29, 1.82) is 0 Å². The smallest absolute Gasteiger partial charge is 0.255 e. The first-order valence-electron chi connectivity index (χ1n) is 7.48. The number of hydrogen-bond donors (Lipinski definition) is 1. The molecule has 1 aromatic rings. The summed E-state index contributed by atoms with van der Waals surface area (Å²) in [6.07, 6.45) is -0.0996. The van der Waals surface area contributed by atoms with Gasteiger partial charge in [-0.25, -0.2) is 0 Å². The van der Waals surface area contributed by atoms with Gasteiger partial charge in [0.25, 0.3) is 5.91 Å². The minimum Gasteiger partial charge on any atom is -0.488 e. The number of benzene rings is 1. The predicted octanol–water partition coefficient (Wildman–Crippen LogP) is 2.18. The summed E-state index contributed by atoms with van der Waals surface area (Å²) in [6.45, 7) is 9.56. The Labute approximate surface area is 131 Å². The molecule has 5 nitrogen and oxygen atoms in total. The molecule has 1 aromatic carbocycles. The monoisotopic (exact) mass is 305 g/mol. The van der Waals surface area contributed by atoms with Crippen LogP contribution in [-0.4, -0.2) is 44.5 Å². The summed E-state index contributed by atoms with van der Waals surface area (Å²) in [6, 6.07) is 7.04. The van der Waals surface area contributed by atoms with Gasteiger partial charge in [0.1, 0.15) is 18.5 Å². The molecule has 0 bridgehead atoms. The van der Waals surface area contributed by atoms with E-state index >= 15 is 0 Å². The minimum absolute atomic E-state index is 0.0996. The second-order valence-corrected chi connectivity index (χ2v) is 5.35. The number of carbonyl (C=O) groups is 1. The van der Waals surface area contributed by atoms with Crippen LogP contribution in [0.4, 0.5) is 0 Å². The van der Waals surface area contributed by atoms with Crippen LogP contribution in [0.3, 0.4) is 0 Å². The summed E-state index contributed by atoms with van der Waals surface area (Å²) < 4.78 is 16.6. The van der Waals surface area contributed by atoms with E-state index in [2.05, 4.69) is 11.9 Å². The van der Waals surface area contributed by atoms with Gasteiger partial charge in [-0.3, -0.25) is 4.79 Å². The van der Waals surface area contributed by atoms with Crippen LogP contribution in [0.5, 0.6) is 5.75 Å². The summed E-state index contributed by atoms with van der Waals surface area (Å²) in [5.74, 6) is 0.368. The van der Waals surface area contributed by atoms with Crippen LogP contribution >= 0.6 is 0 Å². The molecule has 1 amide bonds. The number of carbonyl (C=O) groups excluding carboxylic acids is 1. The molecule has 1 N–H and O–H groups in total. The Hall–Kier alpha value is -1.85. The Morgan fingerprint density at radius 3 is 2.91 bits per heavy atom. The van der Waals surface area contributed by atoms with Crippen molar-refractivity contribution in [2.24, 2.45) is 0 Å². The maximum absolute atomic E-state index is 12.5. The average molecular weight is 305 g/mol. The van der Waals surface area contributed by atoms with Crippen molar-refractivity contribution in [3.05, 3.63) is 42.0 Å². The molecule has 1 fully saturated rings. The normalized spacial score (nSPS) is 20.6. The molecule has 22 heavy (non-hydrogen) atoms. The van der Waals surface area contributed by atoms with Gasteiger partial charge in [0.15, 0.2) is 0 Å². The highest BCUT2D eigenvalue weighted by molar-refractivity contribution is 5.97. The highest BCUT2D eigenvalue weighted by Crippen LogP contribution is 2.19. The standard InChI is InChI=1S/C17H23NO4/c1-4-21-16-11-20-10-14(16)18-17(19)13-7-5-6-8-15(13)22-9-12(2)3/h5-8,14,16H,2,4,9-11H2,1,3H3,(H,18,19)/t14-,16-/m0/s1. The molecule has 0 spiro atoms. The summed E-state index contributed by atoms with van der Waals surface area (Å²) >= 11 is 0. The molecule has 1 saturated heterocycles. The largest absolute Gasteiger partial charge is 0.488 e. The van der Waals surface area contributed by atoms with Crippen molar-refractivity contribution in [3.63, 3.8) is 0 Å². The van der Waals surface area contributed by atoms with Crippen molar-refractivity contribution in [2.45, 2.75) is 26.0 Å².